The maximum absolute atomic E-state index is 13.8. The number of rotatable bonds is 2. The SMILES string of the molecule is C/C(=C\c1csc(C)n1)[C@@H]1C[C@@H]2O[C@]23CCC[C@H](C)[C@H](O)[C@@H](C)C(=O)[C@](C)(C/C=C/C(=O)OC3)[C@@H](O)CC(=O)O1. The number of epoxide rings is 1. The molecule has 220 valence electrons. The molecule has 3 aliphatic heterocycles. The van der Waals surface area contributed by atoms with E-state index < -0.39 is 53.6 Å². The Balaban J connectivity index is 1.74. The van der Waals surface area contributed by atoms with Gasteiger partial charge in [-0.25, -0.2) is 9.78 Å². The number of ether oxygens (including phenoxy) is 3. The van der Waals surface area contributed by atoms with Crippen LogP contribution in [-0.4, -0.2) is 69.5 Å². The lowest BCUT2D eigenvalue weighted by molar-refractivity contribution is -0.155. The molecule has 2 bridgehead atoms. The van der Waals surface area contributed by atoms with Crippen molar-refractivity contribution in [2.24, 2.45) is 17.3 Å². The van der Waals surface area contributed by atoms with Gasteiger partial charge in [-0.2, -0.15) is 0 Å². The Hall–Kier alpha value is -2.40. The molecule has 0 aliphatic carbocycles. The van der Waals surface area contributed by atoms with Crippen molar-refractivity contribution in [2.75, 3.05) is 6.61 Å². The van der Waals surface area contributed by atoms with Crippen LogP contribution in [0.25, 0.3) is 6.08 Å². The zero-order valence-corrected chi connectivity index (χ0v) is 24.7. The second-order valence-electron chi connectivity index (χ2n) is 11.9. The van der Waals surface area contributed by atoms with Gasteiger partial charge in [-0.3, -0.25) is 9.59 Å². The van der Waals surface area contributed by atoms with Gasteiger partial charge in [-0.15, -0.1) is 11.3 Å². The minimum absolute atomic E-state index is 0.0172. The lowest BCUT2D eigenvalue weighted by atomic mass is 9.69. The highest BCUT2D eigenvalue weighted by Gasteiger charge is 2.58. The van der Waals surface area contributed by atoms with E-state index in [0.717, 1.165) is 16.3 Å². The smallest absolute Gasteiger partial charge is 0.330 e. The maximum Gasteiger partial charge on any atom is 0.330 e. The molecule has 0 aromatic carbocycles. The van der Waals surface area contributed by atoms with Crippen molar-refractivity contribution in [3.63, 3.8) is 0 Å². The normalized spacial score (nSPS) is 39.2. The van der Waals surface area contributed by atoms with Gasteiger partial charge in [0, 0.05) is 23.8 Å². The first kappa shape index (κ1) is 30.6. The van der Waals surface area contributed by atoms with Crippen LogP contribution in [0.1, 0.15) is 76.9 Å². The number of nitrogens with zero attached hydrogens (tertiary/aromatic N) is 1. The molecule has 9 nitrogen and oxygen atoms in total. The molecule has 1 fully saturated rings. The fraction of sp³-hybridized carbons (Fsp3) is 0.667. The predicted molar refractivity (Wildman–Crippen MR) is 149 cm³/mol. The Bertz CT molecular complexity index is 1180. The molecule has 8 atom stereocenters. The number of carbonyl (C=O) groups is 3. The number of esters is 2. The average molecular weight is 576 g/mol. The van der Waals surface area contributed by atoms with E-state index >= 15 is 0 Å². The maximum atomic E-state index is 13.8. The van der Waals surface area contributed by atoms with E-state index in [-0.39, 0.29) is 30.8 Å². The molecule has 0 unspecified atom stereocenters. The van der Waals surface area contributed by atoms with Crippen molar-refractivity contribution < 1.29 is 38.8 Å². The number of fused-ring (bicyclic) bond motifs is 5. The molecule has 0 saturated carbocycles. The van der Waals surface area contributed by atoms with Crippen molar-refractivity contribution in [1.29, 1.82) is 0 Å². The number of cyclic esters (lactones) is 1. The second-order valence-corrected chi connectivity index (χ2v) is 13.0. The van der Waals surface area contributed by atoms with Gasteiger partial charge in [0.25, 0.3) is 0 Å². The molecule has 10 heteroatoms. The Morgan fingerprint density at radius 3 is 2.67 bits per heavy atom. The zero-order chi connectivity index (χ0) is 29.2. The Labute approximate surface area is 239 Å². The van der Waals surface area contributed by atoms with Gasteiger partial charge < -0.3 is 24.4 Å². The third-order valence-corrected chi connectivity index (χ3v) is 9.60. The molecule has 1 aromatic heterocycles. The summed E-state index contributed by atoms with van der Waals surface area (Å²) in [7, 11) is 0. The van der Waals surface area contributed by atoms with Crippen molar-refractivity contribution in [1.82, 2.24) is 4.98 Å². The number of allylic oxidation sites excluding steroid dienone is 1. The molecule has 3 aliphatic rings. The summed E-state index contributed by atoms with van der Waals surface area (Å²) >= 11 is 1.52. The van der Waals surface area contributed by atoms with E-state index in [1.807, 2.05) is 32.2 Å². The van der Waals surface area contributed by atoms with Gasteiger partial charge in [-0.1, -0.05) is 19.9 Å². The van der Waals surface area contributed by atoms with Gasteiger partial charge in [0.2, 0.25) is 0 Å². The number of aryl methyl sites for hydroxylation is 1. The van der Waals surface area contributed by atoms with Crippen LogP contribution in [0.2, 0.25) is 0 Å². The van der Waals surface area contributed by atoms with Crippen molar-refractivity contribution in [2.45, 2.75) is 103 Å². The van der Waals surface area contributed by atoms with Crippen LogP contribution in [0.4, 0.5) is 0 Å². The molecular formula is C30H41NO8S. The number of thiazole rings is 1. The van der Waals surface area contributed by atoms with Crippen LogP contribution in [0, 0.1) is 24.2 Å². The highest BCUT2D eigenvalue weighted by atomic mass is 32.1. The molecule has 0 amide bonds. The lowest BCUT2D eigenvalue weighted by Gasteiger charge is -2.36. The summed E-state index contributed by atoms with van der Waals surface area (Å²) in [5, 5.41) is 25.2. The quantitative estimate of drug-likeness (QED) is 0.397. The lowest BCUT2D eigenvalue weighted by Crippen LogP contribution is -2.47. The number of carbonyl (C=O) groups excluding carboxylic acids is 3. The van der Waals surface area contributed by atoms with Gasteiger partial charge in [0.05, 0.1) is 40.8 Å². The number of Topliss-reactive ketones (excluding diaryl/α,β-unsaturated/α-hetero) is 1. The standard InChI is InChI=1S/C30H41NO8S/c1-17-8-6-11-30-16-37-25(33)9-7-10-29(5,28(36)19(3)27(17)35)23(32)14-26(34)38-22(13-24(30)39-30)18(2)12-21-15-40-20(4)31-21/h7,9,12,15,17,19,22-24,27,32,35H,6,8,10-11,13-14,16H2,1-5H3/b9-7+,18-12+/t17-,19+,22-,23-,24-,27-,29+,30-/m0/s1. The number of ketones is 1. The predicted octanol–water partition coefficient (Wildman–Crippen LogP) is 3.94. The number of aliphatic hydroxyl groups excluding tert-OH is 2. The third kappa shape index (κ3) is 6.73. The molecule has 1 spiro atoms. The van der Waals surface area contributed by atoms with Crippen LogP contribution < -0.4 is 0 Å². The average Bonchev–Trinajstić information content (AvgIpc) is 3.42. The summed E-state index contributed by atoms with van der Waals surface area (Å²) in [6, 6.07) is 0. The molecule has 1 saturated heterocycles. The van der Waals surface area contributed by atoms with Gasteiger partial charge >= 0.3 is 11.9 Å². The molecular weight excluding hydrogens is 534 g/mol. The summed E-state index contributed by atoms with van der Waals surface area (Å²) in [4.78, 5) is 44.1. The number of aliphatic hydroxyl groups is 2. The largest absolute Gasteiger partial charge is 0.459 e. The number of hydrogen-bond donors (Lipinski definition) is 2. The fourth-order valence-electron chi connectivity index (χ4n) is 5.92. The van der Waals surface area contributed by atoms with Crippen LogP contribution in [0.3, 0.4) is 0 Å². The summed E-state index contributed by atoms with van der Waals surface area (Å²) in [5.41, 5.74) is -0.643. The topological polar surface area (TPSA) is 136 Å². The minimum Gasteiger partial charge on any atom is -0.459 e. The van der Waals surface area contributed by atoms with E-state index in [9.17, 15) is 24.6 Å². The van der Waals surface area contributed by atoms with E-state index in [2.05, 4.69) is 4.98 Å². The van der Waals surface area contributed by atoms with Gasteiger partial charge in [0.1, 0.15) is 24.1 Å². The van der Waals surface area contributed by atoms with E-state index in [1.54, 1.807) is 13.8 Å². The second kappa shape index (κ2) is 12.2. The molecule has 4 heterocycles. The highest BCUT2D eigenvalue weighted by molar-refractivity contribution is 7.09. The summed E-state index contributed by atoms with van der Waals surface area (Å²) in [6.07, 6.45) is 3.09. The highest BCUT2D eigenvalue weighted by Crippen LogP contribution is 2.46. The summed E-state index contributed by atoms with van der Waals surface area (Å²) in [6.45, 7) is 8.95. The van der Waals surface area contributed by atoms with Crippen LogP contribution in [0.15, 0.2) is 23.1 Å². The summed E-state index contributed by atoms with van der Waals surface area (Å²) < 4.78 is 17.7. The monoisotopic (exact) mass is 575 g/mol. The first-order chi connectivity index (χ1) is 18.8. The first-order valence-corrected chi connectivity index (χ1v) is 14.9. The van der Waals surface area contributed by atoms with Crippen LogP contribution in [-0.2, 0) is 28.6 Å². The molecule has 4 rings (SSSR count). The number of aromatic nitrogens is 1. The van der Waals surface area contributed by atoms with Crippen molar-refractivity contribution in [3.8, 4) is 0 Å². The van der Waals surface area contributed by atoms with Gasteiger partial charge in [0.15, 0.2) is 0 Å². The van der Waals surface area contributed by atoms with Crippen LogP contribution in [0.5, 0.6) is 0 Å². The third-order valence-electron chi connectivity index (χ3n) is 8.81. The number of hydrogen-bond acceptors (Lipinski definition) is 10. The Morgan fingerprint density at radius 2 is 1.98 bits per heavy atom. The van der Waals surface area contributed by atoms with Crippen molar-refractivity contribution >= 4 is 35.1 Å². The van der Waals surface area contributed by atoms with Gasteiger partial charge in [-0.05, 0) is 64.0 Å². The molecule has 2 N–H and O–H groups in total. The first-order valence-electron chi connectivity index (χ1n) is 14.1. The minimum atomic E-state index is -1.44. The Kier molecular flexibility index (Phi) is 9.34. The van der Waals surface area contributed by atoms with Crippen LogP contribution >= 0.6 is 11.3 Å². The molecule has 1 aromatic rings. The Morgan fingerprint density at radius 1 is 1.23 bits per heavy atom. The van der Waals surface area contributed by atoms with E-state index in [0.29, 0.717) is 25.7 Å². The van der Waals surface area contributed by atoms with E-state index in [1.165, 1.54) is 23.5 Å². The summed E-state index contributed by atoms with van der Waals surface area (Å²) in [5.74, 6) is -2.56. The molecule has 40 heavy (non-hydrogen) atoms. The van der Waals surface area contributed by atoms with E-state index in [4.69, 9.17) is 14.2 Å². The van der Waals surface area contributed by atoms with Crippen molar-refractivity contribution in [3.05, 3.63) is 33.8 Å². The zero-order valence-electron chi connectivity index (χ0n) is 23.9. The molecule has 0 radical (unpaired) electrons. The fourth-order valence-corrected chi connectivity index (χ4v) is 6.49.